The number of hydrogen-bond acceptors (Lipinski definition) is 7. The number of benzene rings is 1. The van der Waals surface area contributed by atoms with Gasteiger partial charge in [-0.1, -0.05) is 23.8 Å². The van der Waals surface area contributed by atoms with Gasteiger partial charge in [0.15, 0.2) is 9.84 Å². The van der Waals surface area contributed by atoms with E-state index in [0.29, 0.717) is 11.4 Å². The summed E-state index contributed by atoms with van der Waals surface area (Å²) in [4.78, 5) is 30.5. The lowest BCUT2D eigenvalue weighted by atomic mass is 10.1. The minimum Gasteiger partial charge on any atom is -0.438 e. The summed E-state index contributed by atoms with van der Waals surface area (Å²) in [6.45, 7) is 3.73. The summed E-state index contributed by atoms with van der Waals surface area (Å²) < 4.78 is 30.6. The van der Waals surface area contributed by atoms with Crippen LogP contribution in [0.3, 0.4) is 0 Å². The van der Waals surface area contributed by atoms with Crippen molar-refractivity contribution in [3.05, 3.63) is 75.2 Å². The van der Waals surface area contributed by atoms with Gasteiger partial charge in [-0.2, -0.15) is 10.2 Å². The molecule has 1 aliphatic rings. The number of nitriles is 1. The number of carbonyl (C=O) groups is 1. The predicted octanol–water partition coefficient (Wildman–Crippen LogP) is 2.31. The number of nitrogens with one attached hydrogen (secondary N) is 1. The molecule has 3 heterocycles. The van der Waals surface area contributed by atoms with Crippen molar-refractivity contribution in [1.29, 1.82) is 5.26 Å². The van der Waals surface area contributed by atoms with Gasteiger partial charge in [0.2, 0.25) is 5.88 Å². The van der Waals surface area contributed by atoms with Crippen LogP contribution in [0, 0.1) is 25.2 Å². The number of aryl methyl sites for hydroxylation is 2. The average molecular weight is 479 g/mol. The number of sulfone groups is 1. The standard InChI is InChI=1S/C24H22N4O5S/c1-15-5-7-19(8-6-15)33-23-20(24(30)28-10-3-4-16(2)21(28)27-23)12-17(13-25)22(29)26-18-9-11-34(31,32)14-18/h3-8,10,12,18H,9,11,14H2,1-2H3,(H,26,29)/b17-12+/t18-/m1/s1. The number of ether oxygens (including phenoxy) is 1. The number of hydrogen-bond donors (Lipinski definition) is 1. The molecule has 9 nitrogen and oxygen atoms in total. The molecular weight excluding hydrogens is 456 g/mol. The van der Waals surface area contributed by atoms with Crippen LogP contribution in [0.5, 0.6) is 11.6 Å². The van der Waals surface area contributed by atoms with Crippen molar-refractivity contribution in [3.8, 4) is 17.7 Å². The van der Waals surface area contributed by atoms with E-state index in [1.807, 2.05) is 19.1 Å². The first kappa shape index (κ1) is 23.2. The molecule has 3 aromatic rings. The molecule has 4 rings (SSSR count). The molecule has 1 aliphatic heterocycles. The summed E-state index contributed by atoms with van der Waals surface area (Å²) in [5.41, 5.74) is 1.20. The number of fused-ring (bicyclic) bond motifs is 1. The van der Waals surface area contributed by atoms with Crippen LogP contribution in [-0.4, -0.2) is 41.3 Å². The Hall–Kier alpha value is -3.97. The van der Waals surface area contributed by atoms with Gasteiger partial charge in [0, 0.05) is 12.2 Å². The SMILES string of the molecule is Cc1ccc(Oc2nc3c(C)cccn3c(=O)c2/C=C(\C#N)C(=O)N[C@@H]2CCS(=O)(=O)C2)cc1. The fourth-order valence-corrected chi connectivity index (χ4v) is 5.35. The van der Waals surface area contributed by atoms with E-state index in [4.69, 9.17) is 4.74 Å². The molecule has 0 spiro atoms. The maximum Gasteiger partial charge on any atom is 0.269 e. The highest BCUT2D eigenvalue weighted by atomic mass is 32.2. The van der Waals surface area contributed by atoms with Crippen LogP contribution >= 0.6 is 0 Å². The van der Waals surface area contributed by atoms with Crippen molar-refractivity contribution < 1.29 is 17.9 Å². The fourth-order valence-electron chi connectivity index (χ4n) is 3.68. The van der Waals surface area contributed by atoms with Crippen LogP contribution in [0.15, 0.2) is 53.0 Å². The summed E-state index contributed by atoms with van der Waals surface area (Å²) in [5.74, 6) is -0.581. The Morgan fingerprint density at radius 3 is 2.65 bits per heavy atom. The first-order chi connectivity index (χ1) is 16.2. The van der Waals surface area contributed by atoms with E-state index in [1.54, 1.807) is 43.5 Å². The Balaban J connectivity index is 1.78. The molecule has 1 amide bonds. The Morgan fingerprint density at radius 1 is 1.26 bits per heavy atom. The van der Waals surface area contributed by atoms with Crippen molar-refractivity contribution in [3.63, 3.8) is 0 Å². The van der Waals surface area contributed by atoms with E-state index >= 15 is 0 Å². The number of rotatable bonds is 5. The summed E-state index contributed by atoms with van der Waals surface area (Å²) >= 11 is 0. The lowest BCUT2D eigenvalue weighted by Gasteiger charge is -2.12. The molecule has 174 valence electrons. The smallest absolute Gasteiger partial charge is 0.269 e. The highest BCUT2D eigenvalue weighted by molar-refractivity contribution is 7.91. The van der Waals surface area contributed by atoms with Crippen molar-refractivity contribution >= 4 is 27.5 Å². The maximum atomic E-state index is 13.3. The van der Waals surface area contributed by atoms with E-state index in [1.165, 1.54) is 4.40 Å². The Bertz CT molecular complexity index is 1520. The summed E-state index contributed by atoms with van der Waals surface area (Å²) in [5, 5.41) is 12.2. The maximum absolute atomic E-state index is 13.3. The Labute approximate surface area is 196 Å². The molecule has 1 atom stereocenters. The van der Waals surface area contributed by atoms with Gasteiger partial charge in [-0.05, 0) is 50.1 Å². The minimum atomic E-state index is -3.21. The summed E-state index contributed by atoms with van der Waals surface area (Å²) in [6.07, 6.45) is 2.95. The molecule has 2 aromatic heterocycles. The van der Waals surface area contributed by atoms with Crippen molar-refractivity contribution in [2.75, 3.05) is 11.5 Å². The number of amides is 1. The second-order valence-electron chi connectivity index (χ2n) is 8.18. The highest BCUT2D eigenvalue weighted by Crippen LogP contribution is 2.25. The Kier molecular flexibility index (Phi) is 6.22. The van der Waals surface area contributed by atoms with Crippen LogP contribution < -0.4 is 15.6 Å². The normalized spacial score (nSPS) is 17.3. The zero-order chi connectivity index (χ0) is 24.5. The van der Waals surface area contributed by atoms with Gasteiger partial charge in [0.1, 0.15) is 28.6 Å². The molecule has 0 bridgehead atoms. The van der Waals surface area contributed by atoms with Crippen LogP contribution in [0.2, 0.25) is 0 Å². The predicted molar refractivity (Wildman–Crippen MR) is 126 cm³/mol. The van der Waals surface area contributed by atoms with Gasteiger partial charge >= 0.3 is 0 Å². The molecule has 1 fully saturated rings. The second kappa shape index (κ2) is 9.11. The van der Waals surface area contributed by atoms with Crippen LogP contribution in [-0.2, 0) is 14.6 Å². The van der Waals surface area contributed by atoms with Gasteiger partial charge in [-0.15, -0.1) is 0 Å². The fraction of sp³-hybridized carbons (Fsp3) is 0.250. The third-order valence-electron chi connectivity index (χ3n) is 5.51. The van der Waals surface area contributed by atoms with E-state index in [2.05, 4.69) is 10.3 Å². The first-order valence-corrected chi connectivity index (χ1v) is 12.4. The zero-order valence-corrected chi connectivity index (χ0v) is 19.4. The van der Waals surface area contributed by atoms with Crippen LogP contribution in [0.4, 0.5) is 0 Å². The van der Waals surface area contributed by atoms with Gasteiger partial charge in [0.05, 0.1) is 11.5 Å². The zero-order valence-electron chi connectivity index (χ0n) is 18.6. The van der Waals surface area contributed by atoms with Gasteiger partial charge in [-0.25, -0.2) is 8.42 Å². The molecule has 1 aromatic carbocycles. The van der Waals surface area contributed by atoms with E-state index in [9.17, 15) is 23.3 Å². The Morgan fingerprint density at radius 2 is 2.00 bits per heavy atom. The third kappa shape index (κ3) is 4.84. The van der Waals surface area contributed by atoms with E-state index in [0.717, 1.165) is 17.2 Å². The first-order valence-electron chi connectivity index (χ1n) is 10.6. The van der Waals surface area contributed by atoms with Crippen LogP contribution in [0.1, 0.15) is 23.1 Å². The van der Waals surface area contributed by atoms with E-state index in [-0.39, 0.29) is 34.9 Å². The van der Waals surface area contributed by atoms with Crippen molar-refractivity contribution in [2.45, 2.75) is 26.3 Å². The number of nitrogens with zero attached hydrogens (tertiary/aromatic N) is 3. The van der Waals surface area contributed by atoms with Gasteiger partial charge < -0.3 is 10.1 Å². The quantitative estimate of drug-likeness (QED) is 0.440. The average Bonchev–Trinajstić information content (AvgIpc) is 3.14. The number of aromatic nitrogens is 2. The highest BCUT2D eigenvalue weighted by Gasteiger charge is 2.30. The largest absolute Gasteiger partial charge is 0.438 e. The molecule has 1 N–H and O–H groups in total. The molecule has 34 heavy (non-hydrogen) atoms. The molecule has 0 unspecified atom stereocenters. The molecule has 10 heteroatoms. The lowest BCUT2D eigenvalue weighted by molar-refractivity contribution is -0.117. The molecule has 0 radical (unpaired) electrons. The van der Waals surface area contributed by atoms with Gasteiger partial charge in [0.25, 0.3) is 11.5 Å². The molecule has 0 aliphatic carbocycles. The topological polar surface area (TPSA) is 131 Å². The van der Waals surface area contributed by atoms with E-state index < -0.39 is 27.3 Å². The number of pyridine rings is 1. The molecule has 0 saturated carbocycles. The van der Waals surface area contributed by atoms with Gasteiger partial charge in [-0.3, -0.25) is 14.0 Å². The minimum absolute atomic E-state index is 0.0205. The molecular formula is C24H22N4O5S. The van der Waals surface area contributed by atoms with Crippen molar-refractivity contribution in [1.82, 2.24) is 14.7 Å². The molecule has 1 saturated heterocycles. The number of carbonyl (C=O) groups excluding carboxylic acids is 1. The van der Waals surface area contributed by atoms with Crippen molar-refractivity contribution in [2.24, 2.45) is 0 Å². The monoisotopic (exact) mass is 478 g/mol. The summed E-state index contributed by atoms with van der Waals surface area (Å²) in [6, 6.07) is 11.8. The third-order valence-corrected chi connectivity index (χ3v) is 7.27. The lowest BCUT2D eigenvalue weighted by Crippen LogP contribution is -2.36. The second-order valence-corrected chi connectivity index (χ2v) is 10.4. The van der Waals surface area contributed by atoms with Crippen LogP contribution in [0.25, 0.3) is 11.7 Å². The summed E-state index contributed by atoms with van der Waals surface area (Å²) in [7, 11) is -3.21.